The summed E-state index contributed by atoms with van der Waals surface area (Å²) in [6.45, 7) is 7.64. The van der Waals surface area contributed by atoms with E-state index in [0.717, 1.165) is 0 Å². The third kappa shape index (κ3) is 4.97. The van der Waals surface area contributed by atoms with E-state index in [1.165, 1.54) is 19.1 Å². The number of rotatable bonds is 8. The number of nitrogens with one attached hydrogen (secondary N) is 1. The maximum atomic E-state index is 13.6. The fourth-order valence-electron chi connectivity index (χ4n) is 3.97. The second kappa shape index (κ2) is 9.39. The van der Waals surface area contributed by atoms with Gasteiger partial charge in [0.25, 0.3) is 5.56 Å². The molecule has 0 radical (unpaired) electrons. The highest BCUT2D eigenvalue weighted by Gasteiger charge is 2.51. The van der Waals surface area contributed by atoms with E-state index in [1.54, 1.807) is 27.7 Å². The first-order valence-electron chi connectivity index (χ1n) is 11.1. The molecule has 0 aromatic carbocycles. The predicted molar refractivity (Wildman–Crippen MR) is 121 cm³/mol. The predicted octanol–water partition coefficient (Wildman–Crippen LogP) is 2.36. The molecule has 0 aliphatic carbocycles. The Balaban J connectivity index is 1.89. The Morgan fingerprint density at radius 2 is 1.88 bits per heavy atom. The highest BCUT2D eigenvalue weighted by atomic mass is 31.2. The molecule has 10 nitrogen and oxygen atoms in total. The summed E-state index contributed by atoms with van der Waals surface area (Å²) < 4.78 is 37.7. The fraction of sp³-hybridized carbons (Fsp3) is 0.636. The van der Waals surface area contributed by atoms with Gasteiger partial charge in [-0.2, -0.15) is 9.37 Å². The van der Waals surface area contributed by atoms with Gasteiger partial charge in [-0.1, -0.05) is 13.8 Å². The summed E-state index contributed by atoms with van der Waals surface area (Å²) in [7, 11) is -4.48. The number of aromatic nitrogens is 2. The number of halogens is 1. The first-order chi connectivity index (χ1) is 15.6. The minimum atomic E-state index is -4.48. The van der Waals surface area contributed by atoms with Crippen molar-refractivity contribution in [3.8, 4) is 11.4 Å². The Labute approximate surface area is 196 Å². The summed E-state index contributed by atoms with van der Waals surface area (Å²) in [5.74, 6) is -0.608. The van der Waals surface area contributed by atoms with Gasteiger partial charge in [0, 0.05) is 12.0 Å². The molecule has 190 valence electrons. The van der Waals surface area contributed by atoms with Crippen LogP contribution in [0.5, 0.6) is 0 Å². The number of pyridine rings is 2. The van der Waals surface area contributed by atoms with Crippen molar-refractivity contribution in [2.24, 2.45) is 0 Å². The topological polar surface area (TPSA) is 162 Å². The zero-order valence-corrected chi connectivity index (χ0v) is 20.7. The average Bonchev–Trinajstić information content (AvgIpc) is 3.00. The SMILES string of the molecule is CCC(C)(C[C@H]1O[C@@H](c2cc3c(C)cc(F)[nH]c-3nc2=O)[C@@H](O)C1O)OP(=O)(O)C(C)(O)CC. The molecular weight excluding hydrogens is 470 g/mol. The van der Waals surface area contributed by atoms with Crippen LogP contribution >= 0.6 is 7.60 Å². The van der Waals surface area contributed by atoms with E-state index < -0.39 is 54.5 Å². The third-order valence-electron chi connectivity index (χ3n) is 6.69. The van der Waals surface area contributed by atoms with Crippen LogP contribution < -0.4 is 5.56 Å². The van der Waals surface area contributed by atoms with Gasteiger partial charge in [0.05, 0.1) is 17.3 Å². The largest absolute Gasteiger partial charge is 0.388 e. The van der Waals surface area contributed by atoms with E-state index in [2.05, 4.69) is 9.97 Å². The lowest BCUT2D eigenvalue weighted by Crippen LogP contribution is -2.40. The molecule has 0 aromatic heterocycles. The number of H-pyrrole nitrogens is 1. The first kappa shape index (κ1) is 26.9. The molecule has 12 heteroatoms. The van der Waals surface area contributed by atoms with Crippen LogP contribution in [0, 0.1) is 12.9 Å². The molecule has 1 saturated heterocycles. The van der Waals surface area contributed by atoms with Gasteiger partial charge < -0.3 is 34.5 Å². The molecule has 34 heavy (non-hydrogen) atoms. The first-order valence-corrected chi connectivity index (χ1v) is 12.7. The summed E-state index contributed by atoms with van der Waals surface area (Å²) in [4.78, 5) is 29.2. The Morgan fingerprint density at radius 3 is 2.47 bits per heavy atom. The quantitative estimate of drug-likeness (QED) is 0.269. The van der Waals surface area contributed by atoms with Gasteiger partial charge in [0.2, 0.25) is 0 Å². The number of aliphatic hydroxyl groups is 3. The molecule has 0 saturated carbocycles. The molecule has 0 bridgehead atoms. The van der Waals surface area contributed by atoms with Crippen LogP contribution in [0.2, 0.25) is 0 Å². The van der Waals surface area contributed by atoms with Gasteiger partial charge in [0.15, 0.2) is 11.3 Å². The maximum Gasteiger partial charge on any atom is 0.359 e. The second-order valence-corrected chi connectivity index (χ2v) is 11.5. The molecule has 0 spiro atoms. The van der Waals surface area contributed by atoms with E-state index in [9.17, 15) is 34.0 Å². The zero-order chi connectivity index (χ0) is 25.6. The van der Waals surface area contributed by atoms with Crippen molar-refractivity contribution in [3.05, 3.63) is 39.6 Å². The van der Waals surface area contributed by atoms with Gasteiger partial charge in [-0.15, -0.1) is 0 Å². The molecule has 7 atom stereocenters. The minimum Gasteiger partial charge on any atom is -0.388 e. The van der Waals surface area contributed by atoms with Crippen molar-refractivity contribution in [1.29, 1.82) is 0 Å². The molecule has 5 N–H and O–H groups in total. The van der Waals surface area contributed by atoms with Gasteiger partial charge in [-0.25, -0.2) is 0 Å². The van der Waals surface area contributed by atoms with E-state index >= 15 is 0 Å². The van der Waals surface area contributed by atoms with Gasteiger partial charge in [0.1, 0.15) is 24.1 Å². The standard InChI is InChI=1S/C22H32FN2O8P/c1-6-21(4,33-34(30,31)22(5,29)7-2)10-14-16(26)17(27)18(32-14)13-9-12-11(3)8-15(23)24-19(12)25-20(13)28/h8-9,14,16-18,26-27,29H,6-7,10H2,1-5H3,(H,30,31)(H,24,25,28)/t14-,16?,17+,18+,21?,22?/m1/s1. The lowest BCUT2D eigenvalue weighted by Gasteiger charge is -2.37. The van der Waals surface area contributed by atoms with Crippen LogP contribution in [0.3, 0.4) is 0 Å². The molecule has 0 aromatic rings. The van der Waals surface area contributed by atoms with Crippen molar-refractivity contribution < 1.29 is 38.4 Å². The molecule has 3 rings (SSSR count). The monoisotopic (exact) mass is 502 g/mol. The maximum absolute atomic E-state index is 13.6. The van der Waals surface area contributed by atoms with E-state index in [0.29, 0.717) is 11.1 Å². The van der Waals surface area contributed by atoms with Gasteiger partial charge in [-0.05, 0) is 51.3 Å². The molecule has 3 heterocycles. The number of aromatic amines is 1. The van der Waals surface area contributed by atoms with Crippen LogP contribution in [0.1, 0.15) is 64.2 Å². The number of hydrogen-bond acceptors (Lipinski definition) is 8. The lowest BCUT2D eigenvalue weighted by molar-refractivity contribution is -0.0532. The van der Waals surface area contributed by atoms with E-state index in [-0.39, 0.29) is 30.7 Å². The lowest BCUT2D eigenvalue weighted by atomic mass is 9.92. The summed E-state index contributed by atoms with van der Waals surface area (Å²) >= 11 is 0. The summed E-state index contributed by atoms with van der Waals surface area (Å²) in [6, 6.07) is 2.68. The number of aliphatic hydroxyl groups excluding tert-OH is 2. The normalized spacial score (nSPS) is 28.4. The summed E-state index contributed by atoms with van der Waals surface area (Å²) in [5.41, 5.74) is -1.09. The number of aryl methyl sites for hydroxylation is 1. The van der Waals surface area contributed by atoms with E-state index in [1.807, 2.05) is 0 Å². The molecule has 3 aliphatic rings. The number of nitrogens with zero attached hydrogens (tertiary/aromatic N) is 1. The molecule has 4 unspecified atom stereocenters. The molecular formula is C22H32FN2O8P. The third-order valence-corrected chi connectivity index (χ3v) is 8.92. The van der Waals surface area contributed by atoms with Crippen molar-refractivity contribution in [2.75, 3.05) is 0 Å². The molecule has 1 fully saturated rings. The van der Waals surface area contributed by atoms with Gasteiger partial charge in [-0.3, -0.25) is 9.36 Å². The van der Waals surface area contributed by atoms with Crippen LogP contribution in [-0.4, -0.2) is 59.4 Å². The fourth-order valence-corrected chi connectivity index (χ4v) is 5.37. The van der Waals surface area contributed by atoms with Crippen LogP contribution in [0.15, 0.2) is 16.9 Å². The highest BCUT2D eigenvalue weighted by molar-refractivity contribution is 7.54. The summed E-state index contributed by atoms with van der Waals surface area (Å²) in [5, 5.41) is 29.6. The Bertz CT molecular complexity index is 1120. The Hall–Kier alpha value is -1.72. The Morgan fingerprint density at radius 1 is 1.24 bits per heavy atom. The van der Waals surface area contributed by atoms with Crippen LogP contribution in [-0.2, 0) is 13.8 Å². The minimum absolute atomic E-state index is 0.00877. The number of ether oxygens (including phenoxy) is 1. The van der Waals surface area contributed by atoms with Crippen molar-refractivity contribution >= 4 is 7.60 Å². The summed E-state index contributed by atoms with van der Waals surface area (Å²) in [6.07, 6.45) is -5.08. The number of fused-ring (bicyclic) bond motifs is 1. The van der Waals surface area contributed by atoms with Crippen LogP contribution in [0.4, 0.5) is 4.39 Å². The number of hydrogen-bond donors (Lipinski definition) is 5. The van der Waals surface area contributed by atoms with E-state index in [4.69, 9.17) is 9.26 Å². The molecule has 3 aliphatic heterocycles. The van der Waals surface area contributed by atoms with Crippen molar-refractivity contribution in [1.82, 2.24) is 9.97 Å². The second-order valence-electron chi connectivity index (χ2n) is 9.35. The molecule has 0 amide bonds. The average molecular weight is 502 g/mol. The van der Waals surface area contributed by atoms with Gasteiger partial charge >= 0.3 is 7.60 Å². The Kier molecular flexibility index (Phi) is 7.42. The highest BCUT2D eigenvalue weighted by Crippen LogP contribution is 2.59. The van der Waals surface area contributed by atoms with Crippen molar-refractivity contribution in [2.45, 2.75) is 89.2 Å². The van der Waals surface area contributed by atoms with Crippen LogP contribution in [0.25, 0.3) is 11.4 Å². The zero-order valence-electron chi connectivity index (χ0n) is 19.8. The smallest absolute Gasteiger partial charge is 0.359 e. The van der Waals surface area contributed by atoms with Crippen molar-refractivity contribution in [3.63, 3.8) is 0 Å².